The Kier molecular flexibility index (Phi) is 17.3. The molecule has 0 spiro atoms. The summed E-state index contributed by atoms with van der Waals surface area (Å²) in [5.74, 6) is 0. The summed E-state index contributed by atoms with van der Waals surface area (Å²) >= 11 is 0. The summed E-state index contributed by atoms with van der Waals surface area (Å²) in [7, 11) is 0. The van der Waals surface area contributed by atoms with Crippen LogP contribution < -0.4 is 0 Å². The molecule has 0 atom stereocenters. The molecule has 4 aromatic rings. The monoisotopic (exact) mass is 476 g/mol. The van der Waals surface area contributed by atoms with E-state index in [1.54, 1.807) is 0 Å². The second-order valence-corrected chi connectivity index (χ2v) is 4.19. The van der Waals surface area contributed by atoms with Crippen LogP contribution in [-0.2, 0) is 25.8 Å². The largest absolute Gasteiger partial charge is 4.00 e. The van der Waals surface area contributed by atoms with Gasteiger partial charge in [-0.1, -0.05) is 0 Å². The first-order valence-electron chi connectivity index (χ1n) is 7.40. The molecule has 0 aromatic heterocycles. The molecule has 0 heterocycles. The fraction of sp³-hybridized carbons (Fsp3) is 0. The zero-order valence-corrected chi connectivity index (χ0v) is 17.1. The van der Waals surface area contributed by atoms with Crippen molar-refractivity contribution < 1.29 is 25.8 Å². The third kappa shape index (κ3) is 16.3. The first-order chi connectivity index (χ1) is 11.5. The number of hydrogen-bond donors (Lipinski definition) is 0. The molecular formula is C23H20Hf. The van der Waals surface area contributed by atoms with Gasteiger partial charge >= 0.3 is 25.8 Å². The van der Waals surface area contributed by atoms with Crippen molar-refractivity contribution in [1.82, 2.24) is 0 Å². The maximum Gasteiger partial charge on any atom is 4.00 e. The second-order valence-electron chi connectivity index (χ2n) is 4.19. The molecule has 0 saturated carbocycles. The van der Waals surface area contributed by atoms with Crippen molar-refractivity contribution in [1.29, 1.82) is 0 Å². The molecule has 0 aliphatic rings. The van der Waals surface area contributed by atoms with E-state index in [-0.39, 0.29) is 25.8 Å². The summed E-state index contributed by atoms with van der Waals surface area (Å²) in [5, 5.41) is 0. The summed E-state index contributed by atoms with van der Waals surface area (Å²) in [4.78, 5) is 0. The van der Waals surface area contributed by atoms with Crippen molar-refractivity contribution in [2.24, 2.45) is 0 Å². The van der Waals surface area contributed by atoms with Crippen molar-refractivity contribution in [2.45, 2.75) is 0 Å². The van der Waals surface area contributed by atoms with Crippen LogP contribution >= 0.6 is 0 Å². The molecule has 116 valence electrons. The molecule has 0 radical (unpaired) electrons. The Balaban J connectivity index is 0.000000291. The molecule has 4 aromatic carbocycles. The molecule has 0 aliphatic carbocycles. The van der Waals surface area contributed by atoms with E-state index in [2.05, 4.69) is 18.2 Å². The van der Waals surface area contributed by atoms with Gasteiger partial charge in [0.15, 0.2) is 0 Å². The summed E-state index contributed by atoms with van der Waals surface area (Å²) in [6.07, 6.45) is 0. The molecule has 0 nitrogen and oxygen atoms in total. The van der Waals surface area contributed by atoms with E-state index in [1.807, 2.05) is 121 Å². The summed E-state index contributed by atoms with van der Waals surface area (Å²) in [6, 6.07) is 47.5. The van der Waals surface area contributed by atoms with Crippen molar-refractivity contribution in [3.8, 4) is 0 Å². The predicted octanol–water partition coefficient (Wildman–Crippen LogP) is 5.86. The Morgan fingerprint density at radius 3 is 0.750 bits per heavy atom. The molecule has 0 N–H and O–H groups in total. The Bertz CT molecular complexity index is 444. The molecule has 0 saturated heterocycles. The SMILES string of the molecule is [Hf+4].[c-]1ccccc1.[c-]1ccccc1.[c-]1ccccc1.c1cc[cH-]c1. The van der Waals surface area contributed by atoms with Gasteiger partial charge in [-0.2, -0.15) is 127 Å². The van der Waals surface area contributed by atoms with Crippen molar-refractivity contribution >= 4 is 0 Å². The minimum Gasteiger partial charge on any atom is -0.214 e. The molecule has 0 bridgehead atoms. The van der Waals surface area contributed by atoms with Crippen LogP contribution in [0.1, 0.15) is 0 Å². The molecule has 0 fully saturated rings. The van der Waals surface area contributed by atoms with Crippen LogP contribution in [0.5, 0.6) is 0 Å². The third-order valence-corrected chi connectivity index (χ3v) is 2.38. The predicted molar refractivity (Wildman–Crippen MR) is 97.9 cm³/mol. The fourth-order valence-electron chi connectivity index (χ4n) is 1.35. The molecule has 0 amide bonds. The quantitative estimate of drug-likeness (QED) is 0.221. The van der Waals surface area contributed by atoms with Gasteiger partial charge in [0.2, 0.25) is 0 Å². The van der Waals surface area contributed by atoms with Crippen LogP contribution in [0.2, 0.25) is 0 Å². The average Bonchev–Trinajstić information content (AvgIpc) is 3.27. The van der Waals surface area contributed by atoms with Crippen molar-refractivity contribution in [3.05, 3.63) is 140 Å². The zero-order chi connectivity index (χ0) is 16.3. The summed E-state index contributed by atoms with van der Waals surface area (Å²) < 4.78 is 0. The first-order valence-corrected chi connectivity index (χ1v) is 7.40. The standard InChI is InChI=1S/3C6H5.C5H5.Hf/c3*1-2-4-6-5-3-1;1-2-4-5-3-1;/h3*1-5H;1-5H;/q4*-1;+4. The van der Waals surface area contributed by atoms with E-state index < -0.39 is 0 Å². The second kappa shape index (κ2) is 18.9. The maximum atomic E-state index is 2.89. The smallest absolute Gasteiger partial charge is 0.214 e. The van der Waals surface area contributed by atoms with E-state index in [9.17, 15) is 0 Å². The molecule has 24 heavy (non-hydrogen) atoms. The Morgan fingerprint density at radius 1 is 0.375 bits per heavy atom. The van der Waals surface area contributed by atoms with Gasteiger partial charge in [0, 0.05) is 0 Å². The number of benzene rings is 3. The Hall–Kier alpha value is -2.12. The molecule has 0 aliphatic heterocycles. The van der Waals surface area contributed by atoms with Crippen LogP contribution in [-0.4, -0.2) is 0 Å². The molecule has 0 unspecified atom stereocenters. The summed E-state index contributed by atoms with van der Waals surface area (Å²) in [5.41, 5.74) is 0. The molecule has 4 rings (SSSR count). The number of rotatable bonds is 0. The molecular weight excluding hydrogens is 455 g/mol. The topological polar surface area (TPSA) is 0 Å². The summed E-state index contributed by atoms with van der Waals surface area (Å²) in [6.45, 7) is 0. The minimum absolute atomic E-state index is 0. The van der Waals surface area contributed by atoms with E-state index in [0.717, 1.165) is 0 Å². The van der Waals surface area contributed by atoms with Gasteiger partial charge in [0.1, 0.15) is 0 Å². The van der Waals surface area contributed by atoms with E-state index >= 15 is 0 Å². The van der Waals surface area contributed by atoms with Crippen LogP contribution in [0.4, 0.5) is 0 Å². The van der Waals surface area contributed by atoms with Gasteiger partial charge in [0.05, 0.1) is 0 Å². The Labute approximate surface area is 165 Å². The van der Waals surface area contributed by atoms with Gasteiger partial charge in [-0.15, -0.1) is 0 Å². The van der Waals surface area contributed by atoms with Crippen LogP contribution in [0.3, 0.4) is 0 Å². The third-order valence-electron chi connectivity index (χ3n) is 2.38. The van der Waals surface area contributed by atoms with Gasteiger partial charge in [-0.05, 0) is 0 Å². The van der Waals surface area contributed by atoms with E-state index in [4.69, 9.17) is 0 Å². The van der Waals surface area contributed by atoms with Gasteiger partial charge in [0.25, 0.3) is 0 Å². The van der Waals surface area contributed by atoms with Gasteiger partial charge in [-0.3, -0.25) is 0 Å². The minimum atomic E-state index is 0. The van der Waals surface area contributed by atoms with E-state index in [1.165, 1.54) is 0 Å². The zero-order valence-electron chi connectivity index (χ0n) is 13.5. The average molecular weight is 475 g/mol. The van der Waals surface area contributed by atoms with Crippen LogP contribution in [0, 0.1) is 18.2 Å². The fourth-order valence-corrected chi connectivity index (χ4v) is 1.35. The molecule has 1 heteroatoms. The van der Waals surface area contributed by atoms with Crippen molar-refractivity contribution in [3.63, 3.8) is 0 Å². The van der Waals surface area contributed by atoms with E-state index in [0.29, 0.717) is 0 Å². The van der Waals surface area contributed by atoms with Crippen LogP contribution in [0.25, 0.3) is 0 Å². The number of hydrogen-bond acceptors (Lipinski definition) is 0. The first kappa shape index (κ1) is 21.9. The normalized spacial score (nSPS) is 7.67. The maximum absolute atomic E-state index is 2.89. The Morgan fingerprint density at radius 2 is 0.667 bits per heavy atom. The van der Waals surface area contributed by atoms with Gasteiger partial charge < -0.3 is 0 Å². The van der Waals surface area contributed by atoms with Crippen molar-refractivity contribution in [2.75, 3.05) is 0 Å². The van der Waals surface area contributed by atoms with Gasteiger partial charge in [-0.25, -0.2) is 12.1 Å². The van der Waals surface area contributed by atoms with Crippen LogP contribution in [0.15, 0.2) is 121 Å².